The highest BCUT2D eigenvalue weighted by Crippen LogP contribution is 2.19. The first-order valence-electron chi connectivity index (χ1n) is 6.57. The Hall–Kier alpha value is -0.940. The SMILES string of the molecule is CC(NCC1CCOC1)c1nnc2n1CCC2. The Bertz CT molecular complexity index is 384. The van der Waals surface area contributed by atoms with Crippen molar-refractivity contribution in [3.8, 4) is 0 Å². The highest BCUT2D eigenvalue weighted by Gasteiger charge is 2.22. The summed E-state index contributed by atoms with van der Waals surface area (Å²) in [5.41, 5.74) is 0. The van der Waals surface area contributed by atoms with Crippen LogP contribution >= 0.6 is 0 Å². The van der Waals surface area contributed by atoms with Gasteiger partial charge in [-0.15, -0.1) is 10.2 Å². The average Bonchev–Trinajstić information content (AvgIpc) is 3.02. The van der Waals surface area contributed by atoms with Crippen LogP contribution in [-0.2, 0) is 17.7 Å². The van der Waals surface area contributed by atoms with E-state index in [-0.39, 0.29) is 6.04 Å². The van der Waals surface area contributed by atoms with Crippen molar-refractivity contribution in [1.29, 1.82) is 0 Å². The summed E-state index contributed by atoms with van der Waals surface area (Å²) in [6, 6.07) is 0.287. The first-order valence-corrected chi connectivity index (χ1v) is 6.57. The van der Waals surface area contributed by atoms with Crippen LogP contribution in [0.1, 0.15) is 37.5 Å². The summed E-state index contributed by atoms with van der Waals surface area (Å²) in [4.78, 5) is 0. The number of ether oxygens (including phenoxy) is 1. The lowest BCUT2D eigenvalue weighted by atomic mass is 10.1. The van der Waals surface area contributed by atoms with Gasteiger partial charge in [-0.3, -0.25) is 0 Å². The van der Waals surface area contributed by atoms with Crippen molar-refractivity contribution in [1.82, 2.24) is 20.1 Å². The lowest BCUT2D eigenvalue weighted by Crippen LogP contribution is -2.27. The molecule has 2 aliphatic heterocycles. The van der Waals surface area contributed by atoms with Crippen LogP contribution in [0.5, 0.6) is 0 Å². The van der Waals surface area contributed by atoms with Crippen molar-refractivity contribution >= 4 is 0 Å². The Balaban J connectivity index is 1.59. The number of aromatic nitrogens is 3. The fraction of sp³-hybridized carbons (Fsp3) is 0.833. The second-order valence-corrected chi connectivity index (χ2v) is 5.09. The van der Waals surface area contributed by atoms with Crippen LogP contribution in [0.4, 0.5) is 0 Å². The highest BCUT2D eigenvalue weighted by molar-refractivity contribution is 5.04. The molecule has 1 N–H and O–H groups in total. The van der Waals surface area contributed by atoms with Crippen molar-refractivity contribution < 1.29 is 4.74 Å². The zero-order valence-corrected chi connectivity index (χ0v) is 10.4. The first kappa shape index (κ1) is 11.2. The Morgan fingerprint density at radius 1 is 1.53 bits per heavy atom. The fourth-order valence-electron chi connectivity index (χ4n) is 2.67. The van der Waals surface area contributed by atoms with Gasteiger partial charge in [-0.25, -0.2) is 0 Å². The van der Waals surface area contributed by atoms with E-state index in [1.54, 1.807) is 0 Å². The Kier molecular flexibility index (Phi) is 3.11. The minimum absolute atomic E-state index is 0.287. The molecular formula is C12H20N4O. The molecule has 94 valence electrons. The largest absolute Gasteiger partial charge is 0.381 e. The Labute approximate surface area is 102 Å². The summed E-state index contributed by atoms with van der Waals surface area (Å²) < 4.78 is 7.65. The molecule has 0 spiro atoms. The molecule has 2 aliphatic rings. The summed E-state index contributed by atoms with van der Waals surface area (Å²) in [5, 5.41) is 12.1. The van der Waals surface area contributed by atoms with Crippen LogP contribution in [0, 0.1) is 5.92 Å². The van der Waals surface area contributed by atoms with Crippen LogP contribution in [0.15, 0.2) is 0 Å². The normalized spacial score (nSPS) is 25.1. The molecule has 0 aliphatic carbocycles. The molecule has 1 fully saturated rings. The second-order valence-electron chi connectivity index (χ2n) is 5.09. The lowest BCUT2D eigenvalue weighted by Gasteiger charge is -2.16. The second kappa shape index (κ2) is 4.74. The lowest BCUT2D eigenvalue weighted by molar-refractivity contribution is 0.184. The highest BCUT2D eigenvalue weighted by atomic mass is 16.5. The molecule has 1 aromatic heterocycles. The van der Waals surface area contributed by atoms with E-state index in [0.717, 1.165) is 44.4 Å². The fourth-order valence-corrected chi connectivity index (χ4v) is 2.67. The van der Waals surface area contributed by atoms with E-state index in [0.29, 0.717) is 5.92 Å². The monoisotopic (exact) mass is 236 g/mol. The predicted molar refractivity (Wildman–Crippen MR) is 63.7 cm³/mol. The van der Waals surface area contributed by atoms with Gasteiger partial charge < -0.3 is 14.6 Å². The third kappa shape index (κ3) is 2.21. The molecule has 1 aromatic rings. The van der Waals surface area contributed by atoms with Gasteiger partial charge in [0.05, 0.1) is 12.6 Å². The standard InChI is InChI=1S/C12H20N4O/c1-9(13-7-10-4-6-17-8-10)12-15-14-11-3-2-5-16(11)12/h9-10,13H,2-8H2,1H3. The molecule has 1 saturated heterocycles. The van der Waals surface area contributed by atoms with Gasteiger partial charge in [0.1, 0.15) is 11.6 Å². The number of hydrogen-bond donors (Lipinski definition) is 1. The zero-order valence-electron chi connectivity index (χ0n) is 10.4. The van der Waals surface area contributed by atoms with E-state index in [4.69, 9.17) is 4.74 Å². The summed E-state index contributed by atoms with van der Waals surface area (Å²) in [6.07, 6.45) is 3.47. The van der Waals surface area contributed by atoms with E-state index in [1.807, 2.05) is 0 Å². The van der Waals surface area contributed by atoms with E-state index in [9.17, 15) is 0 Å². The number of nitrogens with zero attached hydrogens (tertiary/aromatic N) is 3. The molecule has 2 unspecified atom stereocenters. The van der Waals surface area contributed by atoms with Crippen LogP contribution in [0.3, 0.4) is 0 Å². The van der Waals surface area contributed by atoms with E-state index in [2.05, 4.69) is 27.0 Å². The number of aryl methyl sites for hydroxylation is 1. The minimum Gasteiger partial charge on any atom is -0.381 e. The molecule has 17 heavy (non-hydrogen) atoms. The summed E-state index contributed by atoms with van der Waals surface area (Å²) in [6.45, 7) is 6.09. The van der Waals surface area contributed by atoms with Gasteiger partial charge in [-0.1, -0.05) is 0 Å². The van der Waals surface area contributed by atoms with Gasteiger partial charge in [0.25, 0.3) is 0 Å². The van der Waals surface area contributed by atoms with Crippen LogP contribution in [-0.4, -0.2) is 34.5 Å². The summed E-state index contributed by atoms with van der Waals surface area (Å²) >= 11 is 0. The van der Waals surface area contributed by atoms with Gasteiger partial charge in [0, 0.05) is 26.1 Å². The molecule has 0 radical (unpaired) electrons. The number of nitrogens with one attached hydrogen (secondary N) is 1. The van der Waals surface area contributed by atoms with Gasteiger partial charge in [0.15, 0.2) is 0 Å². The third-order valence-corrected chi connectivity index (χ3v) is 3.76. The topological polar surface area (TPSA) is 52.0 Å². The Morgan fingerprint density at radius 3 is 3.29 bits per heavy atom. The van der Waals surface area contributed by atoms with Crippen molar-refractivity contribution in [3.05, 3.63) is 11.6 Å². The predicted octanol–water partition coefficient (Wildman–Crippen LogP) is 0.911. The molecular weight excluding hydrogens is 216 g/mol. The number of hydrogen-bond acceptors (Lipinski definition) is 4. The van der Waals surface area contributed by atoms with Crippen molar-refractivity contribution in [3.63, 3.8) is 0 Å². The third-order valence-electron chi connectivity index (χ3n) is 3.76. The van der Waals surface area contributed by atoms with Crippen molar-refractivity contribution in [2.45, 2.75) is 38.8 Å². The molecule has 0 bridgehead atoms. The maximum atomic E-state index is 5.38. The minimum atomic E-state index is 0.287. The quantitative estimate of drug-likeness (QED) is 0.844. The molecule has 0 aromatic carbocycles. The number of rotatable bonds is 4. The van der Waals surface area contributed by atoms with E-state index in [1.165, 1.54) is 12.8 Å². The molecule has 3 heterocycles. The summed E-state index contributed by atoms with van der Waals surface area (Å²) in [5.74, 6) is 2.91. The van der Waals surface area contributed by atoms with Crippen LogP contribution in [0.2, 0.25) is 0 Å². The summed E-state index contributed by atoms with van der Waals surface area (Å²) in [7, 11) is 0. The molecule has 0 saturated carbocycles. The Morgan fingerprint density at radius 2 is 2.47 bits per heavy atom. The van der Waals surface area contributed by atoms with Crippen LogP contribution < -0.4 is 5.32 Å². The maximum absolute atomic E-state index is 5.38. The van der Waals surface area contributed by atoms with Gasteiger partial charge >= 0.3 is 0 Å². The van der Waals surface area contributed by atoms with E-state index < -0.39 is 0 Å². The average molecular weight is 236 g/mol. The van der Waals surface area contributed by atoms with Crippen molar-refractivity contribution in [2.24, 2.45) is 5.92 Å². The molecule has 5 nitrogen and oxygen atoms in total. The van der Waals surface area contributed by atoms with Gasteiger partial charge in [0.2, 0.25) is 0 Å². The smallest absolute Gasteiger partial charge is 0.149 e. The van der Waals surface area contributed by atoms with Gasteiger partial charge in [-0.2, -0.15) is 0 Å². The molecule has 2 atom stereocenters. The molecule has 0 amide bonds. The molecule has 3 rings (SSSR count). The van der Waals surface area contributed by atoms with Crippen LogP contribution in [0.25, 0.3) is 0 Å². The van der Waals surface area contributed by atoms with Crippen molar-refractivity contribution in [2.75, 3.05) is 19.8 Å². The zero-order chi connectivity index (χ0) is 11.7. The number of fused-ring (bicyclic) bond motifs is 1. The van der Waals surface area contributed by atoms with Gasteiger partial charge in [-0.05, 0) is 25.7 Å². The first-order chi connectivity index (χ1) is 8.34. The maximum Gasteiger partial charge on any atom is 0.149 e. The molecule has 5 heteroatoms. The van der Waals surface area contributed by atoms with E-state index >= 15 is 0 Å².